The molecule has 2 aromatic heterocycles. The van der Waals surface area contributed by atoms with E-state index in [0.29, 0.717) is 24.0 Å². The highest BCUT2D eigenvalue weighted by Crippen LogP contribution is 2.34. The topological polar surface area (TPSA) is 71.7 Å². The Morgan fingerprint density at radius 1 is 1.29 bits per heavy atom. The summed E-state index contributed by atoms with van der Waals surface area (Å²) in [5.74, 6) is 0.627. The lowest BCUT2D eigenvalue weighted by Gasteiger charge is -2.20. The number of aromatic nitrogens is 2. The highest BCUT2D eigenvalue weighted by molar-refractivity contribution is 7.22. The first-order valence-electron chi connectivity index (χ1n) is 7.41. The molecule has 0 spiro atoms. The summed E-state index contributed by atoms with van der Waals surface area (Å²) in [7, 11) is 5.52. The van der Waals surface area contributed by atoms with Gasteiger partial charge in [-0.05, 0) is 26.2 Å². The van der Waals surface area contributed by atoms with E-state index in [4.69, 9.17) is 9.26 Å². The predicted octanol–water partition coefficient (Wildman–Crippen LogP) is 2.50. The number of para-hydroxylation sites is 1. The van der Waals surface area contributed by atoms with Crippen LogP contribution < -0.4 is 9.64 Å². The molecule has 3 rings (SSSR count). The fourth-order valence-corrected chi connectivity index (χ4v) is 3.24. The average Bonchev–Trinajstić information content (AvgIpc) is 3.23. The van der Waals surface area contributed by atoms with Crippen LogP contribution in [-0.2, 0) is 0 Å². The van der Waals surface area contributed by atoms with Gasteiger partial charge in [-0.15, -0.1) is 0 Å². The number of ether oxygens (including phenoxy) is 1. The number of likely N-dealkylation sites (N-methyl/N-ethyl adjacent to an activating group) is 1. The van der Waals surface area contributed by atoms with E-state index in [-0.39, 0.29) is 11.7 Å². The number of thiazole rings is 1. The van der Waals surface area contributed by atoms with Crippen LogP contribution in [0.2, 0.25) is 0 Å². The van der Waals surface area contributed by atoms with E-state index in [1.807, 2.05) is 37.2 Å². The van der Waals surface area contributed by atoms with Crippen LogP contribution in [0.25, 0.3) is 10.2 Å². The maximum Gasteiger partial charge on any atom is 0.298 e. The number of anilines is 1. The monoisotopic (exact) mass is 346 g/mol. The third-order valence-corrected chi connectivity index (χ3v) is 4.53. The molecule has 1 amide bonds. The van der Waals surface area contributed by atoms with E-state index < -0.39 is 0 Å². The molecule has 0 bridgehead atoms. The molecule has 0 atom stereocenters. The van der Waals surface area contributed by atoms with E-state index >= 15 is 0 Å². The summed E-state index contributed by atoms with van der Waals surface area (Å²) in [6.45, 7) is 1.20. The minimum Gasteiger partial charge on any atom is -0.494 e. The molecular weight excluding hydrogens is 328 g/mol. The molecule has 0 aliphatic rings. The standard InChI is InChI=1S/C16H18N4O3S/c1-19(2)9-10-20(15(21)12-7-8-17-23-12)16-18-14-11(22-3)5-4-6-13(14)24-16/h4-8H,9-10H2,1-3H3. The van der Waals surface area contributed by atoms with Gasteiger partial charge in [0.1, 0.15) is 11.3 Å². The number of rotatable bonds is 6. The molecule has 7 nitrogen and oxygen atoms in total. The van der Waals surface area contributed by atoms with Crippen molar-refractivity contribution in [2.45, 2.75) is 0 Å². The average molecular weight is 346 g/mol. The van der Waals surface area contributed by atoms with Crippen LogP contribution in [0.15, 0.2) is 35.0 Å². The summed E-state index contributed by atoms with van der Waals surface area (Å²) in [4.78, 5) is 21.0. The summed E-state index contributed by atoms with van der Waals surface area (Å²) >= 11 is 1.45. The number of benzene rings is 1. The van der Waals surface area contributed by atoms with E-state index in [9.17, 15) is 4.79 Å². The largest absolute Gasteiger partial charge is 0.494 e. The van der Waals surface area contributed by atoms with E-state index in [1.54, 1.807) is 18.1 Å². The minimum absolute atomic E-state index is 0.194. The fraction of sp³-hybridized carbons (Fsp3) is 0.312. The van der Waals surface area contributed by atoms with Crippen molar-refractivity contribution < 1.29 is 14.1 Å². The number of amides is 1. The maximum absolute atomic E-state index is 12.8. The summed E-state index contributed by atoms with van der Waals surface area (Å²) in [6, 6.07) is 7.28. The van der Waals surface area contributed by atoms with Gasteiger partial charge in [0.2, 0.25) is 5.76 Å². The van der Waals surface area contributed by atoms with Crippen LogP contribution in [0, 0.1) is 0 Å². The van der Waals surface area contributed by atoms with Crippen LogP contribution in [-0.4, -0.2) is 55.2 Å². The Labute approximate surface area is 143 Å². The zero-order valence-electron chi connectivity index (χ0n) is 13.7. The Kier molecular flexibility index (Phi) is 4.77. The summed E-state index contributed by atoms with van der Waals surface area (Å²) in [5.41, 5.74) is 0.750. The van der Waals surface area contributed by atoms with Crippen LogP contribution >= 0.6 is 11.3 Å². The first-order valence-corrected chi connectivity index (χ1v) is 8.22. The Morgan fingerprint density at radius 3 is 2.79 bits per heavy atom. The lowest BCUT2D eigenvalue weighted by atomic mass is 10.3. The van der Waals surface area contributed by atoms with Crippen molar-refractivity contribution in [2.75, 3.05) is 39.2 Å². The van der Waals surface area contributed by atoms with E-state index in [2.05, 4.69) is 10.1 Å². The molecule has 0 radical (unpaired) electrons. The second-order valence-corrected chi connectivity index (χ2v) is 6.45. The quantitative estimate of drug-likeness (QED) is 0.683. The molecule has 0 fully saturated rings. The number of nitrogens with zero attached hydrogens (tertiary/aromatic N) is 4. The van der Waals surface area contributed by atoms with Crippen molar-refractivity contribution in [3.05, 3.63) is 36.2 Å². The Morgan fingerprint density at radius 2 is 2.12 bits per heavy atom. The van der Waals surface area contributed by atoms with Gasteiger partial charge in [-0.25, -0.2) is 4.98 Å². The maximum atomic E-state index is 12.8. The smallest absolute Gasteiger partial charge is 0.298 e. The molecule has 0 saturated carbocycles. The van der Waals surface area contributed by atoms with E-state index in [0.717, 1.165) is 10.2 Å². The van der Waals surface area contributed by atoms with Crippen molar-refractivity contribution in [1.82, 2.24) is 15.0 Å². The number of carbonyl (C=O) groups excluding carboxylic acids is 1. The van der Waals surface area contributed by atoms with E-state index in [1.165, 1.54) is 17.5 Å². The predicted molar refractivity (Wildman–Crippen MR) is 92.9 cm³/mol. The zero-order chi connectivity index (χ0) is 17.1. The third-order valence-electron chi connectivity index (χ3n) is 3.49. The zero-order valence-corrected chi connectivity index (χ0v) is 14.5. The Balaban J connectivity index is 2.00. The molecule has 2 heterocycles. The summed E-state index contributed by atoms with van der Waals surface area (Å²) in [6.07, 6.45) is 1.46. The number of carbonyl (C=O) groups is 1. The van der Waals surface area contributed by atoms with Crippen molar-refractivity contribution in [3.63, 3.8) is 0 Å². The van der Waals surface area contributed by atoms with Gasteiger partial charge >= 0.3 is 0 Å². The fourth-order valence-electron chi connectivity index (χ4n) is 2.23. The summed E-state index contributed by atoms with van der Waals surface area (Å²) in [5, 5.41) is 4.22. The van der Waals surface area contributed by atoms with Gasteiger partial charge in [0.05, 0.1) is 18.0 Å². The van der Waals surface area contributed by atoms with Crippen LogP contribution in [0.1, 0.15) is 10.6 Å². The van der Waals surface area contributed by atoms with Gasteiger partial charge < -0.3 is 14.2 Å². The Bertz CT molecular complexity index is 829. The molecule has 0 unspecified atom stereocenters. The van der Waals surface area contributed by atoms with Gasteiger partial charge in [-0.1, -0.05) is 22.6 Å². The first-order chi connectivity index (χ1) is 11.6. The number of hydrogen-bond donors (Lipinski definition) is 0. The van der Waals surface area contributed by atoms with Crippen LogP contribution in [0.5, 0.6) is 5.75 Å². The second kappa shape index (κ2) is 6.98. The number of methoxy groups -OCH3 is 1. The van der Waals surface area contributed by atoms with Gasteiger partial charge in [0.25, 0.3) is 5.91 Å². The molecule has 126 valence electrons. The molecule has 8 heteroatoms. The van der Waals surface area contributed by atoms with Gasteiger partial charge in [-0.3, -0.25) is 9.69 Å². The van der Waals surface area contributed by atoms with Gasteiger partial charge in [-0.2, -0.15) is 0 Å². The Hall–Kier alpha value is -2.45. The highest BCUT2D eigenvalue weighted by atomic mass is 32.1. The molecule has 3 aromatic rings. The molecular formula is C16H18N4O3S. The highest BCUT2D eigenvalue weighted by Gasteiger charge is 2.24. The van der Waals surface area contributed by atoms with Crippen molar-refractivity contribution in [3.8, 4) is 5.75 Å². The minimum atomic E-state index is -0.257. The van der Waals surface area contributed by atoms with Gasteiger partial charge in [0.15, 0.2) is 5.13 Å². The number of hydrogen-bond acceptors (Lipinski definition) is 7. The molecule has 0 N–H and O–H groups in total. The molecule has 24 heavy (non-hydrogen) atoms. The molecule has 0 saturated heterocycles. The molecule has 0 aliphatic carbocycles. The summed E-state index contributed by atoms with van der Waals surface area (Å²) < 4.78 is 11.3. The lowest BCUT2D eigenvalue weighted by Crippen LogP contribution is -2.36. The van der Waals surface area contributed by atoms with Crippen molar-refractivity contribution in [1.29, 1.82) is 0 Å². The van der Waals surface area contributed by atoms with Crippen LogP contribution in [0.4, 0.5) is 5.13 Å². The molecule has 0 aliphatic heterocycles. The van der Waals surface area contributed by atoms with Gasteiger partial charge in [0, 0.05) is 19.2 Å². The second-order valence-electron chi connectivity index (χ2n) is 5.44. The number of fused-ring (bicyclic) bond motifs is 1. The molecule has 1 aromatic carbocycles. The first kappa shape index (κ1) is 16.4. The lowest BCUT2D eigenvalue weighted by molar-refractivity contribution is 0.0949. The third kappa shape index (κ3) is 3.24. The SMILES string of the molecule is COc1cccc2sc(N(CCN(C)C)C(=O)c3ccno3)nc12. The van der Waals surface area contributed by atoms with Crippen LogP contribution in [0.3, 0.4) is 0 Å². The van der Waals surface area contributed by atoms with Crippen molar-refractivity contribution in [2.24, 2.45) is 0 Å². The van der Waals surface area contributed by atoms with Crippen molar-refractivity contribution >= 4 is 32.6 Å². The normalized spacial score (nSPS) is 11.2.